The van der Waals surface area contributed by atoms with Crippen LogP contribution in [0.5, 0.6) is 0 Å². The Bertz CT molecular complexity index is 541. The molecule has 2 aromatic rings. The lowest BCUT2D eigenvalue weighted by atomic mass is 9.98. The van der Waals surface area contributed by atoms with Crippen molar-refractivity contribution in [2.24, 2.45) is 7.05 Å². The Morgan fingerprint density at radius 1 is 1.25 bits per heavy atom. The van der Waals surface area contributed by atoms with Gasteiger partial charge in [0.2, 0.25) is 0 Å². The first kappa shape index (κ1) is 10.6. The van der Waals surface area contributed by atoms with E-state index in [4.69, 9.17) is 0 Å². The maximum Gasteiger partial charge on any atom is 0.150 e. The highest BCUT2D eigenvalue weighted by Crippen LogP contribution is 2.25. The molecule has 1 heterocycles. The minimum absolute atomic E-state index is 0.753. The van der Waals surface area contributed by atoms with Crippen LogP contribution in [0, 0.1) is 13.8 Å². The molecular formula is C13H14N2O. The number of aldehydes is 1. The summed E-state index contributed by atoms with van der Waals surface area (Å²) in [5.41, 5.74) is 5.04. The van der Waals surface area contributed by atoms with E-state index >= 15 is 0 Å². The molecule has 3 heteroatoms. The molecule has 0 aliphatic heterocycles. The predicted octanol–water partition coefficient (Wildman–Crippen LogP) is 2.52. The quantitative estimate of drug-likeness (QED) is 0.720. The van der Waals surface area contributed by atoms with Crippen LogP contribution in [0.1, 0.15) is 21.5 Å². The van der Waals surface area contributed by atoms with Gasteiger partial charge in [-0.25, -0.2) is 0 Å². The standard InChI is InChI=1S/C13H14N2O/c1-9-7-12(10(2)6-11(9)8-16)13-4-5-14-15(13)3/h4-8H,1-3H3. The summed E-state index contributed by atoms with van der Waals surface area (Å²) in [4.78, 5) is 10.8. The van der Waals surface area contributed by atoms with Crippen LogP contribution in [0.4, 0.5) is 0 Å². The van der Waals surface area contributed by atoms with Crippen LogP contribution in [-0.4, -0.2) is 16.1 Å². The summed E-state index contributed by atoms with van der Waals surface area (Å²) in [7, 11) is 1.91. The molecule has 0 N–H and O–H groups in total. The zero-order chi connectivity index (χ0) is 11.7. The molecule has 0 fully saturated rings. The highest BCUT2D eigenvalue weighted by Gasteiger charge is 2.08. The number of nitrogens with zero attached hydrogens (tertiary/aromatic N) is 2. The van der Waals surface area contributed by atoms with Crippen molar-refractivity contribution in [2.75, 3.05) is 0 Å². The van der Waals surface area contributed by atoms with Crippen molar-refractivity contribution >= 4 is 6.29 Å². The average Bonchev–Trinajstić information content (AvgIpc) is 2.67. The third-order valence-electron chi connectivity index (χ3n) is 2.84. The third-order valence-corrected chi connectivity index (χ3v) is 2.84. The van der Waals surface area contributed by atoms with Crippen molar-refractivity contribution in [2.45, 2.75) is 13.8 Å². The molecule has 0 amide bonds. The second-order valence-electron chi connectivity index (χ2n) is 3.98. The summed E-state index contributed by atoms with van der Waals surface area (Å²) in [6, 6.07) is 5.93. The van der Waals surface area contributed by atoms with Gasteiger partial charge in [-0.1, -0.05) is 0 Å². The van der Waals surface area contributed by atoms with E-state index < -0.39 is 0 Å². The Morgan fingerprint density at radius 3 is 2.56 bits per heavy atom. The van der Waals surface area contributed by atoms with Crippen molar-refractivity contribution in [1.29, 1.82) is 0 Å². The molecule has 1 aromatic heterocycles. The Labute approximate surface area is 94.7 Å². The maximum absolute atomic E-state index is 10.8. The molecule has 0 unspecified atom stereocenters. The molecule has 82 valence electrons. The second-order valence-corrected chi connectivity index (χ2v) is 3.98. The lowest BCUT2D eigenvalue weighted by molar-refractivity contribution is 0.112. The van der Waals surface area contributed by atoms with Gasteiger partial charge in [0, 0.05) is 24.4 Å². The number of carbonyl (C=O) groups excluding carboxylic acids is 1. The van der Waals surface area contributed by atoms with Crippen LogP contribution in [0.3, 0.4) is 0 Å². The van der Waals surface area contributed by atoms with E-state index in [-0.39, 0.29) is 0 Å². The van der Waals surface area contributed by atoms with Crippen LogP contribution in [0.15, 0.2) is 24.4 Å². The lowest BCUT2D eigenvalue weighted by Gasteiger charge is -2.09. The number of carbonyl (C=O) groups is 1. The molecule has 0 aliphatic rings. The summed E-state index contributed by atoms with van der Waals surface area (Å²) in [6.45, 7) is 3.96. The van der Waals surface area contributed by atoms with Gasteiger partial charge in [0.1, 0.15) is 6.29 Å². The van der Waals surface area contributed by atoms with Crippen LogP contribution in [0.2, 0.25) is 0 Å². The summed E-state index contributed by atoms with van der Waals surface area (Å²) in [5, 5.41) is 4.15. The van der Waals surface area contributed by atoms with E-state index in [1.807, 2.05) is 43.8 Å². The van der Waals surface area contributed by atoms with E-state index in [0.29, 0.717) is 0 Å². The first-order chi connectivity index (χ1) is 7.63. The van der Waals surface area contributed by atoms with Gasteiger partial charge < -0.3 is 0 Å². The van der Waals surface area contributed by atoms with E-state index in [2.05, 4.69) is 5.10 Å². The molecular weight excluding hydrogens is 200 g/mol. The molecule has 3 nitrogen and oxygen atoms in total. The Kier molecular flexibility index (Phi) is 2.60. The van der Waals surface area contributed by atoms with Crippen LogP contribution < -0.4 is 0 Å². The van der Waals surface area contributed by atoms with Gasteiger partial charge in [-0.05, 0) is 43.2 Å². The number of rotatable bonds is 2. The van der Waals surface area contributed by atoms with Crippen LogP contribution >= 0.6 is 0 Å². The maximum atomic E-state index is 10.8. The van der Waals surface area contributed by atoms with E-state index in [0.717, 1.165) is 34.2 Å². The highest BCUT2D eigenvalue weighted by molar-refractivity contribution is 5.80. The fourth-order valence-electron chi connectivity index (χ4n) is 1.88. The Hall–Kier alpha value is -1.90. The second kappa shape index (κ2) is 3.93. The largest absolute Gasteiger partial charge is 0.298 e. The molecule has 0 radical (unpaired) electrons. The number of hydrogen-bond donors (Lipinski definition) is 0. The molecule has 0 saturated carbocycles. The smallest absolute Gasteiger partial charge is 0.150 e. The molecule has 0 atom stereocenters. The monoisotopic (exact) mass is 214 g/mol. The fourth-order valence-corrected chi connectivity index (χ4v) is 1.88. The van der Waals surface area contributed by atoms with Crippen molar-refractivity contribution in [3.05, 3.63) is 41.1 Å². The number of aryl methyl sites for hydroxylation is 3. The molecule has 0 saturated heterocycles. The van der Waals surface area contributed by atoms with Crippen molar-refractivity contribution in [3.63, 3.8) is 0 Å². The Morgan fingerprint density at radius 2 is 2.00 bits per heavy atom. The SMILES string of the molecule is Cc1cc(-c2ccnn2C)c(C)cc1C=O. The first-order valence-corrected chi connectivity index (χ1v) is 5.18. The molecule has 16 heavy (non-hydrogen) atoms. The minimum Gasteiger partial charge on any atom is -0.298 e. The molecule has 1 aromatic carbocycles. The van der Waals surface area contributed by atoms with Gasteiger partial charge in [0.25, 0.3) is 0 Å². The topological polar surface area (TPSA) is 34.9 Å². The van der Waals surface area contributed by atoms with Gasteiger partial charge in [-0.2, -0.15) is 5.10 Å². The van der Waals surface area contributed by atoms with E-state index in [1.165, 1.54) is 0 Å². The molecule has 0 spiro atoms. The summed E-state index contributed by atoms with van der Waals surface area (Å²) in [5.74, 6) is 0. The third kappa shape index (κ3) is 1.65. The first-order valence-electron chi connectivity index (χ1n) is 5.18. The van der Waals surface area contributed by atoms with Crippen molar-refractivity contribution in [1.82, 2.24) is 9.78 Å². The average molecular weight is 214 g/mol. The van der Waals surface area contributed by atoms with Crippen molar-refractivity contribution in [3.8, 4) is 11.3 Å². The van der Waals surface area contributed by atoms with Crippen LogP contribution in [0.25, 0.3) is 11.3 Å². The molecule has 0 bridgehead atoms. The fraction of sp³-hybridized carbons (Fsp3) is 0.231. The summed E-state index contributed by atoms with van der Waals surface area (Å²) >= 11 is 0. The summed E-state index contributed by atoms with van der Waals surface area (Å²) in [6.07, 6.45) is 2.67. The number of benzene rings is 1. The zero-order valence-corrected chi connectivity index (χ0v) is 9.69. The normalized spacial score (nSPS) is 10.4. The van der Waals surface area contributed by atoms with Gasteiger partial charge in [-0.15, -0.1) is 0 Å². The number of aromatic nitrogens is 2. The van der Waals surface area contributed by atoms with E-state index in [1.54, 1.807) is 6.20 Å². The molecule has 0 aliphatic carbocycles. The lowest BCUT2D eigenvalue weighted by Crippen LogP contribution is -1.97. The van der Waals surface area contributed by atoms with Gasteiger partial charge >= 0.3 is 0 Å². The van der Waals surface area contributed by atoms with Gasteiger partial charge in [-0.3, -0.25) is 9.48 Å². The van der Waals surface area contributed by atoms with Crippen molar-refractivity contribution < 1.29 is 4.79 Å². The highest BCUT2D eigenvalue weighted by atomic mass is 16.1. The molecule has 2 rings (SSSR count). The van der Waals surface area contributed by atoms with Gasteiger partial charge in [0.05, 0.1) is 5.69 Å². The zero-order valence-electron chi connectivity index (χ0n) is 9.69. The Balaban J connectivity index is 2.63. The van der Waals surface area contributed by atoms with Gasteiger partial charge in [0.15, 0.2) is 0 Å². The summed E-state index contributed by atoms with van der Waals surface area (Å²) < 4.78 is 1.84. The number of hydrogen-bond acceptors (Lipinski definition) is 2. The predicted molar refractivity (Wildman–Crippen MR) is 63.5 cm³/mol. The van der Waals surface area contributed by atoms with E-state index in [9.17, 15) is 4.79 Å². The minimum atomic E-state index is 0.753. The van der Waals surface area contributed by atoms with Crippen LogP contribution in [-0.2, 0) is 7.05 Å².